The molecule has 0 radical (unpaired) electrons. The second-order valence-corrected chi connectivity index (χ2v) is 10.5. The van der Waals surface area contributed by atoms with Gasteiger partial charge >= 0.3 is 0 Å². The molecule has 1 atom stereocenters. The van der Waals surface area contributed by atoms with Gasteiger partial charge in [-0.3, -0.25) is 14.5 Å². The van der Waals surface area contributed by atoms with Crippen molar-refractivity contribution in [2.75, 3.05) is 18.1 Å². The van der Waals surface area contributed by atoms with Gasteiger partial charge in [-0.25, -0.2) is 0 Å². The van der Waals surface area contributed by atoms with Crippen molar-refractivity contribution in [3.63, 3.8) is 0 Å². The molecule has 0 spiro atoms. The van der Waals surface area contributed by atoms with Crippen LogP contribution in [0, 0.1) is 18.8 Å². The lowest BCUT2D eigenvalue weighted by atomic mass is 9.95. The lowest BCUT2D eigenvalue weighted by molar-refractivity contribution is -0.132. The second kappa shape index (κ2) is 11.5. The molecule has 1 aliphatic rings. The van der Waals surface area contributed by atoms with E-state index in [0.717, 1.165) is 5.56 Å². The maximum Gasteiger partial charge on any atom is 0.300 e. The summed E-state index contributed by atoms with van der Waals surface area (Å²) in [5.74, 6) is 0.494. The molecule has 3 aromatic carbocycles. The van der Waals surface area contributed by atoms with Crippen LogP contribution in [0.25, 0.3) is 5.76 Å². The first kappa shape index (κ1) is 27.0. The van der Waals surface area contributed by atoms with Gasteiger partial charge < -0.3 is 14.6 Å². The van der Waals surface area contributed by atoms with E-state index in [4.69, 9.17) is 9.47 Å². The maximum absolute atomic E-state index is 13.4. The fourth-order valence-electron chi connectivity index (χ4n) is 4.26. The molecule has 1 fully saturated rings. The quantitative estimate of drug-likeness (QED) is 0.196. The Kier molecular flexibility index (Phi) is 8.20. The summed E-state index contributed by atoms with van der Waals surface area (Å²) in [6.07, 6.45) is 0. The molecular weight excluding hydrogens is 478 g/mol. The summed E-state index contributed by atoms with van der Waals surface area (Å²) in [6, 6.07) is 20.8. The molecule has 6 nitrogen and oxygen atoms in total. The third-order valence-electron chi connectivity index (χ3n) is 6.25. The highest BCUT2D eigenvalue weighted by molar-refractivity contribution is 6.51. The Morgan fingerprint density at radius 1 is 0.789 bits per heavy atom. The first-order valence-electron chi connectivity index (χ1n) is 13.0. The number of rotatable bonds is 9. The largest absolute Gasteiger partial charge is 0.507 e. The van der Waals surface area contributed by atoms with E-state index in [1.165, 1.54) is 4.90 Å². The van der Waals surface area contributed by atoms with Gasteiger partial charge in [-0.05, 0) is 72.9 Å². The van der Waals surface area contributed by atoms with Crippen LogP contribution in [0.1, 0.15) is 50.4 Å². The molecule has 0 aliphatic carbocycles. The number of benzene rings is 3. The molecule has 1 saturated heterocycles. The number of ketones is 1. The molecule has 38 heavy (non-hydrogen) atoms. The van der Waals surface area contributed by atoms with Crippen LogP contribution in [-0.4, -0.2) is 30.0 Å². The van der Waals surface area contributed by atoms with Crippen molar-refractivity contribution in [1.29, 1.82) is 0 Å². The molecular formula is C32H35NO5. The lowest BCUT2D eigenvalue weighted by Gasteiger charge is -2.25. The van der Waals surface area contributed by atoms with Crippen molar-refractivity contribution < 1.29 is 24.2 Å². The van der Waals surface area contributed by atoms with Crippen LogP contribution >= 0.6 is 0 Å². The Bertz CT molecular complexity index is 1310. The van der Waals surface area contributed by atoms with Crippen molar-refractivity contribution in [3.8, 4) is 11.5 Å². The molecule has 1 unspecified atom stereocenters. The van der Waals surface area contributed by atoms with Crippen LogP contribution in [0.4, 0.5) is 5.69 Å². The van der Waals surface area contributed by atoms with Crippen molar-refractivity contribution in [3.05, 3.63) is 95.1 Å². The molecule has 198 valence electrons. The number of Topliss-reactive ketones (excluding diaryl/α,β-unsaturated/α-hetero) is 1. The molecule has 1 amide bonds. The molecule has 4 rings (SSSR count). The van der Waals surface area contributed by atoms with Crippen molar-refractivity contribution in [1.82, 2.24) is 0 Å². The molecule has 0 bridgehead atoms. The summed E-state index contributed by atoms with van der Waals surface area (Å²) in [4.78, 5) is 28.2. The van der Waals surface area contributed by atoms with E-state index >= 15 is 0 Å². The number of hydrogen-bond acceptors (Lipinski definition) is 5. The van der Waals surface area contributed by atoms with Gasteiger partial charge in [0, 0.05) is 11.3 Å². The molecule has 1 aliphatic heterocycles. The van der Waals surface area contributed by atoms with E-state index in [-0.39, 0.29) is 11.3 Å². The number of nitrogens with zero attached hydrogens (tertiary/aromatic N) is 1. The zero-order chi connectivity index (χ0) is 27.4. The third kappa shape index (κ3) is 5.91. The number of hydrogen-bond donors (Lipinski definition) is 1. The topological polar surface area (TPSA) is 76.1 Å². The monoisotopic (exact) mass is 513 g/mol. The molecule has 1 heterocycles. The van der Waals surface area contributed by atoms with E-state index in [1.54, 1.807) is 24.3 Å². The molecule has 6 heteroatoms. The summed E-state index contributed by atoms with van der Waals surface area (Å²) < 4.78 is 11.6. The Hall–Kier alpha value is -4.06. The minimum atomic E-state index is -0.797. The fourth-order valence-corrected chi connectivity index (χ4v) is 4.26. The molecule has 3 aromatic rings. The number of carbonyl (C=O) groups excluding carboxylic acids is 2. The third-order valence-corrected chi connectivity index (χ3v) is 6.25. The van der Waals surface area contributed by atoms with Crippen molar-refractivity contribution in [2.45, 2.75) is 40.7 Å². The number of anilines is 1. The lowest BCUT2D eigenvalue weighted by Crippen LogP contribution is -2.29. The van der Waals surface area contributed by atoms with Crippen LogP contribution in [0.15, 0.2) is 78.4 Å². The molecule has 0 saturated carbocycles. The van der Waals surface area contributed by atoms with Gasteiger partial charge in [0.2, 0.25) is 0 Å². The van der Waals surface area contributed by atoms with Gasteiger partial charge in [0.05, 0.1) is 24.8 Å². The van der Waals surface area contributed by atoms with E-state index < -0.39 is 17.7 Å². The van der Waals surface area contributed by atoms with Crippen LogP contribution in [0.5, 0.6) is 11.5 Å². The number of aryl methyl sites for hydroxylation is 1. The van der Waals surface area contributed by atoms with Gasteiger partial charge in [-0.1, -0.05) is 57.5 Å². The predicted octanol–water partition coefficient (Wildman–Crippen LogP) is 6.69. The number of aliphatic hydroxyl groups excluding tert-OH is 1. The first-order valence-corrected chi connectivity index (χ1v) is 13.0. The first-order chi connectivity index (χ1) is 18.2. The highest BCUT2D eigenvalue weighted by atomic mass is 16.5. The minimum Gasteiger partial charge on any atom is -0.507 e. The smallest absolute Gasteiger partial charge is 0.300 e. The van der Waals surface area contributed by atoms with Crippen molar-refractivity contribution in [2.24, 2.45) is 11.8 Å². The predicted molar refractivity (Wildman–Crippen MR) is 150 cm³/mol. The van der Waals surface area contributed by atoms with Crippen LogP contribution < -0.4 is 14.4 Å². The maximum atomic E-state index is 13.4. The SMILES string of the molecule is Cc1ccc(N2C(=O)C(=O)/C(=C(/O)c3ccc(OCC(C)C)cc3)C2c2ccc(OCC(C)C)cc2)cc1. The van der Waals surface area contributed by atoms with Gasteiger partial charge in [0.25, 0.3) is 11.7 Å². The van der Waals surface area contributed by atoms with E-state index in [2.05, 4.69) is 27.7 Å². The Labute approximate surface area is 224 Å². The second-order valence-electron chi connectivity index (χ2n) is 10.5. The summed E-state index contributed by atoms with van der Waals surface area (Å²) in [7, 11) is 0. The van der Waals surface area contributed by atoms with Gasteiger partial charge in [0.1, 0.15) is 17.3 Å². The number of amides is 1. The Morgan fingerprint density at radius 2 is 1.29 bits per heavy atom. The van der Waals surface area contributed by atoms with Crippen molar-refractivity contribution >= 4 is 23.1 Å². The zero-order valence-corrected chi connectivity index (χ0v) is 22.6. The Morgan fingerprint density at radius 3 is 1.79 bits per heavy atom. The standard InChI is InChI=1S/C32H35NO5/c1-20(2)18-37-26-14-8-23(9-15-26)29-28(30(34)24-10-16-27(17-11-24)38-19-21(3)4)31(35)32(36)33(29)25-12-6-22(5)7-13-25/h6-17,20-21,29,34H,18-19H2,1-5H3/b30-28+. The van der Waals surface area contributed by atoms with Crippen LogP contribution in [-0.2, 0) is 9.59 Å². The van der Waals surface area contributed by atoms with E-state index in [9.17, 15) is 14.7 Å². The van der Waals surface area contributed by atoms with Gasteiger partial charge in [0.15, 0.2) is 0 Å². The summed E-state index contributed by atoms with van der Waals surface area (Å²) in [5, 5.41) is 11.4. The van der Waals surface area contributed by atoms with E-state index in [1.807, 2.05) is 55.5 Å². The highest BCUT2D eigenvalue weighted by Gasteiger charge is 2.47. The normalized spacial score (nSPS) is 16.9. The minimum absolute atomic E-state index is 0.0438. The molecule has 0 aromatic heterocycles. The number of ether oxygens (including phenoxy) is 2. The average molecular weight is 514 g/mol. The fraction of sp³-hybridized carbons (Fsp3) is 0.312. The average Bonchev–Trinajstić information content (AvgIpc) is 3.17. The highest BCUT2D eigenvalue weighted by Crippen LogP contribution is 2.42. The van der Waals surface area contributed by atoms with E-state index in [0.29, 0.717) is 53.4 Å². The summed E-state index contributed by atoms with van der Waals surface area (Å²) >= 11 is 0. The summed E-state index contributed by atoms with van der Waals surface area (Å²) in [5.41, 5.74) is 2.79. The Balaban J connectivity index is 1.77. The van der Waals surface area contributed by atoms with Crippen LogP contribution in [0.2, 0.25) is 0 Å². The van der Waals surface area contributed by atoms with Gasteiger partial charge in [-0.15, -0.1) is 0 Å². The van der Waals surface area contributed by atoms with Crippen LogP contribution in [0.3, 0.4) is 0 Å². The summed E-state index contributed by atoms with van der Waals surface area (Å²) in [6.45, 7) is 11.4. The number of carbonyl (C=O) groups is 2. The zero-order valence-electron chi connectivity index (χ0n) is 22.6. The number of aliphatic hydroxyl groups is 1. The van der Waals surface area contributed by atoms with Gasteiger partial charge in [-0.2, -0.15) is 0 Å². The molecule has 1 N–H and O–H groups in total.